The number of para-hydroxylation sites is 1. The largest absolute Gasteiger partial charge is 0.294 e. The Kier molecular flexibility index (Phi) is 2.96. The molecule has 2 bridgehead atoms. The number of fused-ring (bicyclic) bond motifs is 9. The summed E-state index contributed by atoms with van der Waals surface area (Å²) in [4.78, 5) is 13.6. The third-order valence-electron chi connectivity index (χ3n) is 6.93. The molecule has 1 heterocycles. The fourth-order valence-electron chi connectivity index (χ4n) is 5.98. The molecule has 136 valence electrons. The van der Waals surface area contributed by atoms with Crippen LogP contribution in [-0.2, 0) is 10.0 Å². The molecular formula is C22H19NO3S. The normalized spacial score (nSPS) is 28.7. The van der Waals surface area contributed by atoms with Crippen LogP contribution in [0, 0.1) is 17.8 Å². The van der Waals surface area contributed by atoms with Crippen LogP contribution in [0.2, 0.25) is 0 Å². The van der Waals surface area contributed by atoms with Gasteiger partial charge in [0.1, 0.15) is 0 Å². The van der Waals surface area contributed by atoms with Crippen LogP contribution in [0.4, 0.5) is 0 Å². The summed E-state index contributed by atoms with van der Waals surface area (Å²) < 4.78 is 28.7. The van der Waals surface area contributed by atoms with Crippen LogP contribution in [0.1, 0.15) is 41.2 Å². The molecule has 27 heavy (non-hydrogen) atoms. The third-order valence-corrected chi connectivity index (χ3v) is 8.67. The molecule has 1 aromatic heterocycles. The summed E-state index contributed by atoms with van der Waals surface area (Å²) in [6.45, 7) is 0. The molecule has 6 rings (SSSR count). The first-order valence-corrected chi connectivity index (χ1v) is 11.0. The molecule has 2 saturated carbocycles. The molecule has 2 aromatic carbocycles. The Hall–Kier alpha value is -2.40. The van der Waals surface area contributed by atoms with Gasteiger partial charge in [-0.25, -0.2) is 12.4 Å². The van der Waals surface area contributed by atoms with Gasteiger partial charge in [-0.05, 0) is 49.3 Å². The number of benzene rings is 2. The summed E-state index contributed by atoms with van der Waals surface area (Å²) in [6, 6.07) is 16.0. The third kappa shape index (κ3) is 1.83. The molecule has 0 radical (unpaired) electrons. The highest BCUT2D eigenvalue weighted by molar-refractivity contribution is 7.90. The summed E-state index contributed by atoms with van der Waals surface area (Å²) >= 11 is 0. The van der Waals surface area contributed by atoms with Crippen LogP contribution < -0.4 is 0 Å². The highest BCUT2D eigenvalue weighted by atomic mass is 32.2. The van der Waals surface area contributed by atoms with E-state index < -0.39 is 10.0 Å². The van der Waals surface area contributed by atoms with Crippen molar-refractivity contribution < 1.29 is 13.2 Å². The molecule has 3 aromatic rings. The van der Waals surface area contributed by atoms with Gasteiger partial charge in [-0.1, -0.05) is 36.4 Å². The molecule has 2 fully saturated rings. The van der Waals surface area contributed by atoms with E-state index in [1.54, 1.807) is 24.3 Å². The minimum Gasteiger partial charge on any atom is -0.294 e. The summed E-state index contributed by atoms with van der Waals surface area (Å²) in [5.74, 6) is 1.05. The van der Waals surface area contributed by atoms with E-state index in [2.05, 4.69) is 0 Å². The number of carbonyl (C=O) groups is 1. The monoisotopic (exact) mass is 377 g/mol. The Balaban J connectivity index is 1.71. The van der Waals surface area contributed by atoms with Crippen molar-refractivity contribution in [2.75, 3.05) is 0 Å². The number of ketones is 1. The van der Waals surface area contributed by atoms with Crippen LogP contribution in [0.5, 0.6) is 0 Å². The molecule has 5 heteroatoms. The number of carbonyl (C=O) groups excluding carboxylic acids is 1. The molecular weight excluding hydrogens is 358 g/mol. The van der Waals surface area contributed by atoms with Crippen molar-refractivity contribution in [3.63, 3.8) is 0 Å². The van der Waals surface area contributed by atoms with E-state index in [1.807, 2.05) is 30.3 Å². The van der Waals surface area contributed by atoms with Crippen LogP contribution in [0.3, 0.4) is 0 Å². The Morgan fingerprint density at radius 1 is 0.852 bits per heavy atom. The Morgan fingerprint density at radius 3 is 2.30 bits per heavy atom. The molecule has 0 saturated heterocycles. The minimum absolute atomic E-state index is 0.0180. The Morgan fingerprint density at radius 2 is 1.52 bits per heavy atom. The topological polar surface area (TPSA) is 56.1 Å². The van der Waals surface area contributed by atoms with E-state index in [1.165, 1.54) is 3.97 Å². The fraction of sp³-hybridized carbons (Fsp3) is 0.318. The van der Waals surface area contributed by atoms with Crippen molar-refractivity contribution in [3.05, 3.63) is 65.9 Å². The van der Waals surface area contributed by atoms with E-state index in [0.717, 1.165) is 30.3 Å². The van der Waals surface area contributed by atoms with Crippen molar-refractivity contribution in [1.29, 1.82) is 0 Å². The van der Waals surface area contributed by atoms with Gasteiger partial charge in [0.25, 0.3) is 10.0 Å². The van der Waals surface area contributed by atoms with E-state index >= 15 is 0 Å². The molecule has 0 aliphatic heterocycles. The first kappa shape index (κ1) is 15.6. The van der Waals surface area contributed by atoms with Crippen molar-refractivity contribution in [2.24, 2.45) is 17.8 Å². The lowest BCUT2D eigenvalue weighted by Gasteiger charge is -2.25. The van der Waals surface area contributed by atoms with Gasteiger partial charge in [-0.15, -0.1) is 0 Å². The van der Waals surface area contributed by atoms with Gasteiger partial charge in [0, 0.05) is 22.8 Å². The van der Waals surface area contributed by atoms with Gasteiger partial charge in [-0.2, -0.15) is 0 Å². The Bertz CT molecular complexity index is 1210. The van der Waals surface area contributed by atoms with Crippen LogP contribution >= 0.6 is 0 Å². The molecule has 0 amide bonds. The van der Waals surface area contributed by atoms with Gasteiger partial charge in [0.05, 0.1) is 16.1 Å². The molecule has 3 aliphatic carbocycles. The van der Waals surface area contributed by atoms with Crippen molar-refractivity contribution in [2.45, 2.75) is 30.1 Å². The number of nitrogens with zero attached hydrogens (tertiary/aromatic N) is 1. The molecule has 0 N–H and O–H groups in total. The van der Waals surface area contributed by atoms with Crippen LogP contribution in [-0.4, -0.2) is 18.2 Å². The lowest BCUT2D eigenvalue weighted by molar-refractivity contribution is 0.0884. The van der Waals surface area contributed by atoms with Gasteiger partial charge >= 0.3 is 0 Å². The zero-order valence-corrected chi connectivity index (χ0v) is 15.5. The smallest absolute Gasteiger partial charge is 0.268 e. The summed E-state index contributed by atoms with van der Waals surface area (Å²) in [6.07, 6.45) is 3.27. The quantitative estimate of drug-likeness (QED) is 0.672. The Labute approximate surface area is 157 Å². The van der Waals surface area contributed by atoms with E-state index in [0.29, 0.717) is 22.9 Å². The van der Waals surface area contributed by atoms with Gasteiger partial charge in [-0.3, -0.25) is 4.79 Å². The second kappa shape index (κ2) is 5.10. The van der Waals surface area contributed by atoms with Gasteiger partial charge in [0.15, 0.2) is 5.78 Å². The highest BCUT2D eigenvalue weighted by Gasteiger charge is 2.58. The maximum absolute atomic E-state index is 13.6. The highest BCUT2D eigenvalue weighted by Crippen LogP contribution is 2.62. The maximum atomic E-state index is 13.6. The fourth-order valence-corrected chi connectivity index (χ4v) is 7.58. The lowest BCUT2D eigenvalue weighted by atomic mass is 9.80. The SMILES string of the molecule is O=C1c2c(n(S(=O)(=O)c3ccccc3)c3ccccc23)C2C3CCC(C3)C12. The summed E-state index contributed by atoms with van der Waals surface area (Å²) in [7, 11) is -3.76. The number of hydrogen-bond donors (Lipinski definition) is 0. The van der Waals surface area contributed by atoms with E-state index in [-0.39, 0.29) is 22.5 Å². The summed E-state index contributed by atoms with van der Waals surface area (Å²) in [5.41, 5.74) is 2.04. The lowest BCUT2D eigenvalue weighted by Crippen LogP contribution is -2.24. The van der Waals surface area contributed by atoms with Crippen LogP contribution in [0.15, 0.2) is 59.5 Å². The second-order valence-corrected chi connectivity index (χ2v) is 9.90. The predicted molar refractivity (Wildman–Crippen MR) is 102 cm³/mol. The molecule has 4 atom stereocenters. The average Bonchev–Trinajstić information content (AvgIpc) is 3.42. The van der Waals surface area contributed by atoms with Gasteiger partial charge < -0.3 is 0 Å². The number of rotatable bonds is 2. The number of aromatic nitrogens is 1. The predicted octanol–water partition coefficient (Wildman–Crippen LogP) is 4.20. The standard InChI is InChI=1S/C22H19NO3S/c24-22-19-14-11-10-13(12-14)18(19)21-20(22)16-8-4-5-9-17(16)23(21)27(25,26)15-6-2-1-3-7-15/h1-9,13-14,18-19H,10-12H2. The van der Waals surface area contributed by atoms with Gasteiger partial charge in [0.2, 0.25) is 0 Å². The molecule has 4 unspecified atom stereocenters. The van der Waals surface area contributed by atoms with Crippen molar-refractivity contribution >= 4 is 26.7 Å². The maximum Gasteiger partial charge on any atom is 0.268 e. The van der Waals surface area contributed by atoms with E-state index in [4.69, 9.17) is 0 Å². The molecule has 4 nitrogen and oxygen atoms in total. The number of Topliss-reactive ketones (excluding diaryl/α,β-unsaturated/α-hetero) is 1. The minimum atomic E-state index is -3.76. The first-order chi connectivity index (χ1) is 13.1. The van der Waals surface area contributed by atoms with E-state index in [9.17, 15) is 13.2 Å². The van der Waals surface area contributed by atoms with Crippen LogP contribution in [0.25, 0.3) is 10.9 Å². The zero-order valence-electron chi connectivity index (χ0n) is 14.7. The second-order valence-electron chi connectivity index (χ2n) is 8.11. The summed E-state index contributed by atoms with van der Waals surface area (Å²) in [5, 5.41) is 0.783. The first-order valence-electron chi connectivity index (χ1n) is 9.57. The number of hydrogen-bond acceptors (Lipinski definition) is 3. The molecule has 3 aliphatic rings. The van der Waals surface area contributed by atoms with Crippen molar-refractivity contribution in [1.82, 2.24) is 3.97 Å². The zero-order chi connectivity index (χ0) is 18.3. The van der Waals surface area contributed by atoms with Crippen molar-refractivity contribution in [3.8, 4) is 0 Å². The molecule has 0 spiro atoms. The average molecular weight is 377 g/mol.